The summed E-state index contributed by atoms with van der Waals surface area (Å²) in [5.41, 5.74) is 1.56. The fraction of sp³-hybridized carbons (Fsp3) is 0.235. The lowest BCUT2D eigenvalue weighted by atomic mass is 10.1. The van der Waals surface area contributed by atoms with Gasteiger partial charge >= 0.3 is 0 Å². The zero-order chi connectivity index (χ0) is 15.8. The Kier molecular flexibility index (Phi) is 6.40. The molecule has 2 rings (SSSR count). The van der Waals surface area contributed by atoms with Gasteiger partial charge in [-0.15, -0.1) is 0 Å². The van der Waals surface area contributed by atoms with E-state index >= 15 is 0 Å². The molecular weight excluding hydrogens is 304 g/mol. The topological polar surface area (TPSA) is 29.1 Å². The molecular formula is C17H17F2NOS. The molecule has 116 valence electrons. The number of aryl methyl sites for hydroxylation is 1. The van der Waals surface area contributed by atoms with E-state index in [0.717, 1.165) is 30.7 Å². The molecule has 0 aliphatic heterocycles. The number of thioether (sulfide) groups is 1. The minimum absolute atomic E-state index is 0.212. The maximum atomic E-state index is 13.0. The Morgan fingerprint density at radius 2 is 1.82 bits per heavy atom. The summed E-state index contributed by atoms with van der Waals surface area (Å²) in [6.45, 7) is 0. The van der Waals surface area contributed by atoms with Crippen molar-refractivity contribution < 1.29 is 13.6 Å². The molecule has 2 aromatic carbocycles. The maximum Gasteiger partial charge on any atom is 0.234 e. The van der Waals surface area contributed by atoms with E-state index in [-0.39, 0.29) is 11.6 Å². The Balaban J connectivity index is 1.64. The quantitative estimate of drug-likeness (QED) is 0.772. The lowest BCUT2D eigenvalue weighted by molar-refractivity contribution is -0.113. The number of hydrogen-bond acceptors (Lipinski definition) is 2. The number of carbonyl (C=O) groups excluding carboxylic acids is 1. The molecule has 5 heteroatoms. The number of rotatable bonds is 7. The van der Waals surface area contributed by atoms with Gasteiger partial charge in [-0.1, -0.05) is 30.3 Å². The second kappa shape index (κ2) is 8.54. The van der Waals surface area contributed by atoms with E-state index in [1.165, 1.54) is 23.4 Å². The highest BCUT2D eigenvalue weighted by atomic mass is 32.2. The van der Waals surface area contributed by atoms with E-state index in [2.05, 4.69) is 17.4 Å². The summed E-state index contributed by atoms with van der Waals surface area (Å²) in [6.07, 6.45) is 1.98. The fourth-order valence-corrected chi connectivity index (χ4v) is 2.71. The highest BCUT2D eigenvalue weighted by Gasteiger charge is 2.06. The lowest BCUT2D eigenvalue weighted by Gasteiger charge is -2.06. The fourth-order valence-electron chi connectivity index (χ4n) is 1.96. The van der Waals surface area contributed by atoms with Gasteiger partial charge in [0.1, 0.15) is 0 Å². The van der Waals surface area contributed by atoms with Crippen LogP contribution in [0.1, 0.15) is 12.0 Å². The molecule has 0 aliphatic rings. The van der Waals surface area contributed by atoms with E-state index in [0.29, 0.717) is 5.75 Å². The summed E-state index contributed by atoms with van der Waals surface area (Å²) >= 11 is 1.53. The SMILES string of the molecule is O=C(CSCCCc1ccccc1)Nc1ccc(F)c(F)c1. The average molecular weight is 321 g/mol. The molecule has 0 spiro atoms. The van der Waals surface area contributed by atoms with Gasteiger partial charge in [0.05, 0.1) is 5.75 Å². The van der Waals surface area contributed by atoms with E-state index in [1.807, 2.05) is 18.2 Å². The molecule has 1 amide bonds. The Hall–Kier alpha value is -1.88. The summed E-state index contributed by atoms with van der Waals surface area (Å²) in [5.74, 6) is -0.925. The van der Waals surface area contributed by atoms with Crippen LogP contribution in [-0.4, -0.2) is 17.4 Å². The molecule has 22 heavy (non-hydrogen) atoms. The molecule has 0 saturated heterocycles. The van der Waals surface area contributed by atoms with Crippen LogP contribution in [0.2, 0.25) is 0 Å². The van der Waals surface area contributed by atoms with Crippen LogP contribution in [0, 0.1) is 11.6 Å². The van der Waals surface area contributed by atoms with Gasteiger partial charge in [0.2, 0.25) is 5.91 Å². The zero-order valence-corrected chi connectivity index (χ0v) is 12.8. The highest BCUT2D eigenvalue weighted by Crippen LogP contribution is 2.14. The number of hydrogen-bond donors (Lipinski definition) is 1. The van der Waals surface area contributed by atoms with E-state index in [1.54, 1.807) is 0 Å². The van der Waals surface area contributed by atoms with Gasteiger partial charge in [0, 0.05) is 11.8 Å². The molecule has 0 saturated carbocycles. The summed E-state index contributed by atoms with van der Waals surface area (Å²) in [6, 6.07) is 13.5. The first kappa shape index (κ1) is 16.5. The van der Waals surface area contributed by atoms with Crippen LogP contribution in [0.4, 0.5) is 14.5 Å². The van der Waals surface area contributed by atoms with Gasteiger partial charge in [0.25, 0.3) is 0 Å². The van der Waals surface area contributed by atoms with E-state index in [9.17, 15) is 13.6 Å². The van der Waals surface area contributed by atoms with Crippen molar-refractivity contribution in [2.45, 2.75) is 12.8 Å². The number of nitrogens with one attached hydrogen (secondary N) is 1. The van der Waals surface area contributed by atoms with Crippen LogP contribution >= 0.6 is 11.8 Å². The van der Waals surface area contributed by atoms with Gasteiger partial charge in [0.15, 0.2) is 11.6 Å². The molecule has 2 nitrogen and oxygen atoms in total. The molecule has 0 aliphatic carbocycles. The van der Waals surface area contributed by atoms with Crippen molar-refractivity contribution in [3.8, 4) is 0 Å². The van der Waals surface area contributed by atoms with Crippen LogP contribution in [0.3, 0.4) is 0 Å². The van der Waals surface area contributed by atoms with E-state index in [4.69, 9.17) is 0 Å². The number of carbonyl (C=O) groups is 1. The Bertz CT molecular complexity index is 619. The van der Waals surface area contributed by atoms with Crippen LogP contribution < -0.4 is 5.32 Å². The summed E-state index contributed by atoms with van der Waals surface area (Å²) < 4.78 is 25.8. The van der Waals surface area contributed by atoms with Gasteiger partial charge in [-0.25, -0.2) is 8.78 Å². The largest absolute Gasteiger partial charge is 0.325 e. The first-order chi connectivity index (χ1) is 10.6. The normalized spacial score (nSPS) is 10.5. The number of anilines is 1. The molecule has 0 atom stereocenters. The third kappa shape index (κ3) is 5.48. The summed E-state index contributed by atoms with van der Waals surface area (Å²) in [4.78, 5) is 11.7. The van der Waals surface area contributed by atoms with Crippen molar-refractivity contribution in [2.24, 2.45) is 0 Å². The van der Waals surface area contributed by atoms with Crippen molar-refractivity contribution >= 4 is 23.4 Å². The first-order valence-corrected chi connectivity index (χ1v) is 8.17. The highest BCUT2D eigenvalue weighted by molar-refractivity contribution is 7.99. The molecule has 0 aromatic heterocycles. The Morgan fingerprint density at radius 3 is 2.55 bits per heavy atom. The zero-order valence-electron chi connectivity index (χ0n) is 12.0. The summed E-state index contributed by atoms with van der Waals surface area (Å²) in [5, 5.41) is 2.55. The van der Waals surface area contributed by atoms with Crippen LogP contribution in [0.25, 0.3) is 0 Å². The second-order valence-electron chi connectivity index (χ2n) is 4.82. The number of benzene rings is 2. The van der Waals surface area contributed by atoms with Gasteiger partial charge in [-0.3, -0.25) is 4.79 Å². The predicted molar refractivity (Wildman–Crippen MR) is 87.1 cm³/mol. The molecule has 0 bridgehead atoms. The van der Waals surface area contributed by atoms with Crippen LogP contribution in [0.5, 0.6) is 0 Å². The first-order valence-electron chi connectivity index (χ1n) is 7.02. The molecule has 0 fully saturated rings. The molecule has 0 unspecified atom stereocenters. The average Bonchev–Trinajstić information content (AvgIpc) is 2.52. The van der Waals surface area contributed by atoms with Crippen LogP contribution in [-0.2, 0) is 11.2 Å². The van der Waals surface area contributed by atoms with Gasteiger partial charge in [-0.05, 0) is 36.3 Å². The van der Waals surface area contributed by atoms with Crippen LogP contribution in [0.15, 0.2) is 48.5 Å². The lowest BCUT2D eigenvalue weighted by Crippen LogP contribution is -2.14. The summed E-state index contributed by atoms with van der Waals surface area (Å²) in [7, 11) is 0. The maximum absolute atomic E-state index is 13.0. The number of amides is 1. The smallest absolute Gasteiger partial charge is 0.234 e. The second-order valence-corrected chi connectivity index (χ2v) is 5.92. The van der Waals surface area contributed by atoms with Crippen molar-refractivity contribution in [3.05, 3.63) is 65.7 Å². The number of halogens is 2. The predicted octanol–water partition coefficient (Wildman–Crippen LogP) is 4.27. The Morgan fingerprint density at radius 1 is 1.05 bits per heavy atom. The van der Waals surface area contributed by atoms with Crippen molar-refractivity contribution in [1.82, 2.24) is 0 Å². The van der Waals surface area contributed by atoms with Gasteiger partial charge < -0.3 is 5.32 Å². The van der Waals surface area contributed by atoms with Crippen molar-refractivity contribution in [2.75, 3.05) is 16.8 Å². The third-order valence-corrected chi connectivity index (χ3v) is 4.08. The molecule has 1 N–H and O–H groups in total. The van der Waals surface area contributed by atoms with Crippen molar-refractivity contribution in [3.63, 3.8) is 0 Å². The van der Waals surface area contributed by atoms with Gasteiger partial charge in [-0.2, -0.15) is 11.8 Å². The van der Waals surface area contributed by atoms with Crippen molar-refractivity contribution in [1.29, 1.82) is 0 Å². The molecule has 2 aromatic rings. The monoisotopic (exact) mass is 321 g/mol. The van der Waals surface area contributed by atoms with E-state index < -0.39 is 11.6 Å². The minimum Gasteiger partial charge on any atom is -0.325 e. The minimum atomic E-state index is -0.965. The standard InChI is InChI=1S/C17H17F2NOS/c18-15-9-8-14(11-16(15)19)20-17(21)12-22-10-4-7-13-5-2-1-3-6-13/h1-3,5-6,8-9,11H,4,7,10,12H2,(H,20,21). The molecule has 0 heterocycles. The molecule has 0 radical (unpaired) electrons. The Labute approximate surface area is 132 Å². The third-order valence-electron chi connectivity index (χ3n) is 3.03.